The molecule has 2 aromatic rings. The molecule has 0 saturated heterocycles. The van der Waals surface area contributed by atoms with Gasteiger partial charge in [-0.05, 0) is 61.1 Å². The van der Waals surface area contributed by atoms with Crippen LogP contribution in [-0.4, -0.2) is 31.1 Å². The molecule has 0 bridgehead atoms. The van der Waals surface area contributed by atoms with Crippen LogP contribution in [0.2, 0.25) is 0 Å². The van der Waals surface area contributed by atoms with E-state index in [-0.39, 0.29) is 0 Å². The molecule has 0 N–H and O–H groups in total. The predicted molar refractivity (Wildman–Crippen MR) is 300 cm³/mol. The zero-order valence-corrected chi connectivity index (χ0v) is 45.3. The van der Waals surface area contributed by atoms with Crippen LogP contribution in [0.4, 0.5) is 21.5 Å². The first-order valence-corrected chi connectivity index (χ1v) is 29.7. The molecular formula is C62H108FN3O2. The highest BCUT2D eigenvalue weighted by molar-refractivity contribution is 5.78. The average molecular weight is 947 g/mol. The lowest BCUT2D eigenvalue weighted by Crippen LogP contribution is -2.31. The minimum atomic E-state index is -0.790. The van der Waals surface area contributed by atoms with Crippen LogP contribution in [0, 0.1) is 15.9 Å². The normalized spacial score (nSPS) is 11.6. The first-order chi connectivity index (χ1) is 33.4. The highest BCUT2D eigenvalue weighted by Gasteiger charge is 2.18. The highest BCUT2D eigenvalue weighted by Crippen LogP contribution is 2.34. The Bertz CT molecular complexity index is 1450. The Morgan fingerprint density at radius 2 is 0.647 bits per heavy atom. The van der Waals surface area contributed by atoms with Gasteiger partial charge in [0, 0.05) is 32.2 Å². The summed E-state index contributed by atoms with van der Waals surface area (Å²) in [7, 11) is 0. The maximum Gasteiger partial charge on any atom is 0.304 e. The van der Waals surface area contributed by atoms with Crippen molar-refractivity contribution in [1.29, 1.82) is 0 Å². The first kappa shape index (κ1) is 61.2. The fourth-order valence-corrected chi connectivity index (χ4v) is 10.00. The Morgan fingerprint density at radius 1 is 0.382 bits per heavy atom. The minimum Gasteiger partial charge on any atom is -0.370 e. The van der Waals surface area contributed by atoms with E-state index in [0.29, 0.717) is 5.56 Å². The van der Waals surface area contributed by atoms with Crippen molar-refractivity contribution in [3.05, 3.63) is 63.5 Å². The van der Waals surface area contributed by atoms with Crippen molar-refractivity contribution in [3.8, 4) is 0 Å². The van der Waals surface area contributed by atoms with E-state index in [4.69, 9.17) is 0 Å². The van der Waals surface area contributed by atoms with Gasteiger partial charge in [0.2, 0.25) is 5.82 Å². The van der Waals surface area contributed by atoms with E-state index in [9.17, 15) is 14.5 Å². The van der Waals surface area contributed by atoms with Gasteiger partial charge >= 0.3 is 5.69 Å². The molecule has 2 aromatic carbocycles. The van der Waals surface area contributed by atoms with Gasteiger partial charge in [0.25, 0.3) is 0 Å². The fraction of sp³-hybridized carbons (Fsp3) is 0.774. The first-order valence-electron chi connectivity index (χ1n) is 29.7. The highest BCUT2D eigenvalue weighted by atomic mass is 19.1. The summed E-state index contributed by atoms with van der Waals surface area (Å²) in [5, 5.41) is 11.3. The molecule has 68 heavy (non-hydrogen) atoms. The monoisotopic (exact) mass is 946 g/mol. The van der Waals surface area contributed by atoms with Crippen LogP contribution in [0.3, 0.4) is 0 Å². The van der Waals surface area contributed by atoms with Crippen LogP contribution in [0.1, 0.15) is 296 Å². The molecule has 0 aliphatic heterocycles. The molecule has 0 saturated carbocycles. The SMILES string of the molecule is CCCCCCCCCCCCN(CCCCCCCCCCCC)c1ccc(C=Cc2ccc([N+](=O)[O-])c(F)c2)cc1N(CCCCCCCCCCCC)CCCCCCCCCCCC. The number of nitro groups is 1. The summed E-state index contributed by atoms with van der Waals surface area (Å²) in [5.41, 5.74) is 3.99. The van der Waals surface area contributed by atoms with E-state index in [2.05, 4.69) is 61.8 Å². The molecule has 390 valence electrons. The summed E-state index contributed by atoms with van der Waals surface area (Å²) < 4.78 is 14.7. The molecule has 5 nitrogen and oxygen atoms in total. The van der Waals surface area contributed by atoms with Gasteiger partial charge in [-0.25, -0.2) is 0 Å². The number of nitrogens with zero attached hydrogens (tertiary/aromatic N) is 3. The van der Waals surface area contributed by atoms with Gasteiger partial charge in [-0.1, -0.05) is 277 Å². The number of anilines is 2. The van der Waals surface area contributed by atoms with Crippen LogP contribution in [-0.2, 0) is 0 Å². The van der Waals surface area contributed by atoms with Crippen molar-refractivity contribution >= 4 is 29.2 Å². The van der Waals surface area contributed by atoms with Gasteiger partial charge in [0.05, 0.1) is 16.3 Å². The van der Waals surface area contributed by atoms with E-state index < -0.39 is 16.4 Å². The van der Waals surface area contributed by atoms with Crippen LogP contribution in [0.25, 0.3) is 12.2 Å². The Labute approximate surface area is 420 Å². The predicted octanol–water partition coefficient (Wildman–Crippen LogP) is 21.2. The number of rotatable bonds is 49. The summed E-state index contributed by atoms with van der Waals surface area (Å²) in [4.78, 5) is 16.2. The third kappa shape index (κ3) is 31.4. The summed E-state index contributed by atoms with van der Waals surface area (Å²) in [6.07, 6.45) is 57.7. The standard InChI is InChI=1S/C62H108FN3O2/c1-5-9-13-17-21-25-29-33-37-41-51-64(52-42-38-34-30-26-22-18-14-10-6-2)61-50-48-58(46-45-57-47-49-60(66(67)68)59(63)55-57)56-62(61)65(53-43-39-35-31-27-23-19-15-11-7-3)54-44-40-36-32-28-24-20-16-12-8-4/h45-50,55-56H,5-44,51-54H2,1-4H3. The maximum absolute atomic E-state index is 14.7. The molecule has 0 spiro atoms. The van der Waals surface area contributed by atoms with Crippen molar-refractivity contribution in [3.63, 3.8) is 0 Å². The third-order valence-corrected chi connectivity index (χ3v) is 14.4. The molecule has 0 atom stereocenters. The molecule has 6 heteroatoms. The largest absolute Gasteiger partial charge is 0.370 e. The molecule has 0 radical (unpaired) electrons. The second kappa shape index (κ2) is 44.1. The quantitative estimate of drug-likeness (QED) is 0.0287. The zero-order valence-electron chi connectivity index (χ0n) is 45.3. The Kier molecular flexibility index (Phi) is 39.7. The van der Waals surface area contributed by atoms with Gasteiger partial charge in [-0.3, -0.25) is 10.1 Å². The lowest BCUT2D eigenvalue weighted by molar-refractivity contribution is -0.387. The topological polar surface area (TPSA) is 49.6 Å². The van der Waals surface area contributed by atoms with Crippen molar-refractivity contribution in [2.75, 3.05) is 36.0 Å². The number of benzene rings is 2. The second-order valence-corrected chi connectivity index (χ2v) is 20.8. The number of nitro benzene ring substituents is 1. The smallest absolute Gasteiger partial charge is 0.304 e. The van der Waals surface area contributed by atoms with Gasteiger partial charge in [0.15, 0.2) is 0 Å². The summed E-state index contributed by atoms with van der Waals surface area (Å²) in [6.45, 7) is 13.6. The van der Waals surface area contributed by atoms with E-state index in [1.165, 1.54) is 280 Å². The van der Waals surface area contributed by atoms with E-state index in [1.54, 1.807) is 6.07 Å². The summed E-state index contributed by atoms with van der Waals surface area (Å²) >= 11 is 0. The number of halogens is 1. The molecule has 0 aliphatic rings. The van der Waals surface area contributed by atoms with Crippen LogP contribution >= 0.6 is 0 Å². The molecule has 0 aliphatic carbocycles. The molecule has 0 unspecified atom stereocenters. The number of unbranched alkanes of at least 4 members (excludes halogenated alkanes) is 36. The molecule has 2 rings (SSSR count). The molecule has 0 aromatic heterocycles. The third-order valence-electron chi connectivity index (χ3n) is 14.4. The summed E-state index contributed by atoms with van der Waals surface area (Å²) in [5.74, 6) is -0.790. The molecule has 0 heterocycles. The maximum atomic E-state index is 14.7. The van der Waals surface area contributed by atoms with Crippen LogP contribution in [0.15, 0.2) is 36.4 Å². The summed E-state index contributed by atoms with van der Waals surface area (Å²) in [6, 6.07) is 11.3. The van der Waals surface area contributed by atoms with Gasteiger partial charge < -0.3 is 9.80 Å². The van der Waals surface area contributed by atoms with Crippen molar-refractivity contribution in [2.24, 2.45) is 0 Å². The van der Waals surface area contributed by atoms with E-state index in [1.807, 2.05) is 6.08 Å². The van der Waals surface area contributed by atoms with E-state index in [0.717, 1.165) is 31.7 Å². The van der Waals surface area contributed by atoms with Crippen molar-refractivity contribution in [1.82, 2.24) is 0 Å². The average Bonchev–Trinajstić information content (AvgIpc) is 3.34. The lowest BCUT2D eigenvalue weighted by Gasteiger charge is -2.33. The van der Waals surface area contributed by atoms with Crippen molar-refractivity contribution < 1.29 is 9.31 Å². The second-order valence-electron chi connectivity index (χ2n) is 20.8. The number of hydrogen-bond acceptors (Lipinski definition) is 4. The molecule has 0 amide bonds. The Hall–Kier alpha value is -2.89. The number of hydrogen-bond donors (Lipinski definition) is 0. The van der Waals surface area contributed by atoms with Crippen LogP contribution < -0.4 is 9.80 Å². The van der Waals surface area contributed by atoms with Gasteiger partial charge in [-0.2, -0.15) is 4.39 Å². The van der Waals surface area contributed by atoms with Gasteiger partial charge in [-0.15, -0.1) is 0 Å². The zero-order chi connectivity index (χ0) is 49.0. The van der Waals surface area contributed by atoms with Gasteiger partial charge in [0.1, 0.15) is 0 Å². The molecular weight excluding hydrogens is 838 g/mol. The fourth-order valence-electron chi connectivity index (χ4n) is 10.00. The van der Waals surface area contributed by atoms with Crippen molar-refractivity contribution in [2.45, 2.75) is 285 Å². The Morgan fingerprint density at radius 3 is 0.941 bits per heavy atom. The van der Waals surface area contributed by atoms with E-state index >= 15 is 0 Å². The lowest BCUT2D eigenvalue weighted by atomic mass is 10.0. The minimum absolute atomic E-state index is 0.478. The van der Waals surface area contributed by atoms with Crippen LogP contribution in [0.5, 0.6) is 0 Å². The molecule has 0 fully saturated rings. The Balaban J connectivity index is 2.36.